The van der Waals surface area contributed by atoms with E-state index in [1.807, 2.05) is 0 Å². The van der Waals surface area contributed by atoms with E-state index < -0.39 is 5.82 Å². The number of hydrogen-bond acceptors (Lipinski definition) is 3. The number of nitrogens with two attached hydrogens (primary N) is 1. The molecule has 1 amide bonds. The molecule has 0 saturated heterocycles. The van der Waals surface area contributed by atoms with Crippen LogP contribution in [0, 0.1) is 5.82 Å². The molecule has 2 aromatic carbocycles. The molecule has 0 aromatic heterocycles. The van der Waals surface area contributed by atoms with Crippen LogP contribution in [0.1, 0.15) is 0 Å². The van der Waals surface area contributed by atoms with Crippen molar-refractivity contribution in [2.75, 3.05) is 17.7 Å². The molecule has 6 heteroatoms. The van der Waals surface area contributed by atoms with Crippen molar-refractivity contribution in [2.45, 2.75) is 0 Å². The van der Waals surface area contributed by atoms with Gasteiger partial charge in [0.15, 0.2) is 6.61 Å². The predicted octanol–water partition coefficient (Wildman–Crippen LogP) is 3.08. The van der Waals surface area contributed by atoms with Crippen molar-refractivity contribution < 1.29 is 13.9 Å². The molecule has 104 valence electrons. The van der Waals surface area contributed by atoms with Gasteiger partial charge in [-0.2, -0.15) is 0 Å². The van der Waals surface area contributed by atoms with Gasteiger partial charge in [0, 0.05) is 11.4 Å². The van der Waals surface area contributed by atoms with Crippen LogP contribution >= 0.6 is 11.6 Å². The Morgan fingerprint density at radius 3 is 2.60 bits per heavy atom. The third-order valence-corrected chi connectivity index (χ3v) is 2.74. The van der Waals surface area contributed by atoms with Crippen LogP contribution in [0.5, 0.6) is 5.75 Å². The van der Waals surface area contributed by atoms with Crippen LogP contribution in [-0.4, -0.2) is 12.5 Å². The van der Waals surface area contributed by atoms with Crippen molar-refractivity contribution in [1.29, 1.82) is 0 Å². The monoisotopic (exact) mass is 294 g/mol. The van der Waals surface area contributed by atoms with Crippen LogP contribution in [0.25, 0.3) is 0 Å². The molecule has 0 atom stereocenters. The van der Waals surface area contributed by atoms with Gasteiger partial charge in [0.25, 0.3) is 5.91 Å². The first-order valence-electron chi connectivity index (χ1n) is 5.78. The Morgan fingerprint density at radius 2 is 1.95 bits per heavy atom. The van der Waals surface area contributed by atoms with Gasteiger partial charge in [-0.1, -0.05) is 11.6 Å². The van der Waals surface area contributed by atoms with Crippen molar-refractivity contribution in [2.24, 2.45) is 0 Å². The van der Waals surface area contributed by atoms with E-state index in [2.05, 4.69) is 5.32 Å². The van der Waals surface area contributed by atoms with Crippen LogP contribution in [0.3, 0.4) is 0 Å². The summed E-state index contributed by atoms with van der Waals surface area (Å²) in [6, 6.07) is 10.6. The summed E-state index contributed by atoms with van der Waals surface area (Å²) in [5.74, 6) is -0.376. The quantitative estimate of drug-likeness (QED) is 0.852. The summed E-state index contributed by atoms with van der Waals surface area (Å²) in [5.41, 5.74) is 6.55. The third-order valence-electron chi connectivity index (χ3n) is 2.45. The highest BCUT2D eigenvalue weighted by Gasteiger charge is 2.06. The molecule has 0 unspecified atom stereocenters. The fourth-order valence-electron chi connectivity index (χ4n) is 1.48. The van der Waals surface area contributed by atoms with Crippen molar-refractivity contribution in [3.05, 3.63) is 53.3 Å². The predicted molar refractivity (Wildman–Crippen MR) is 76.4 cm³/mol. The Bertz CT molecular complexity index is 617. The zero-order valence-electron chi connectivity index (χ0n) is 10.4. The second kappa shape index (κ2) is 6.25. The molecule has 2 aromatic rings. The highest BCUT2D eigenvalue weighted by atomic mass is 35.5. The summed E-state index contributed by atoms with van der Waals surface area (Å²) >= 11 is 5.62. The smallest absolute Gasteiger partial charge is 0.262 e. The Morgan fingerprint density at radius 1 is 1.25 bits per heavy atom. The molecule has 0 aliphatic rings. The molecule has 0 spiro atoms. The standard InChI is InChI=1S/C14H12ClFN2O2/c15-12-7-10(3-6-13(12)16)18-14(19)8-20-11-4-1-9(17)2-5-11/h1-7H,8,17H2,(H,18,19). The van der Waals surface area contributed by atoms with E-state index in [1.165, 1.54) is 18.2 Å². The van der Waals surface area contributed by atoms with Crippen LogP contribution in [0.2, 0.25) is 5.02 Å². The minimum atomic E-state index is -0.539. The zero-order chi connectivity index (χ0) is 14.5. The van der Waals surface area contributed by atoms with E-state index in [1.54, 1.807) is 24.3 Å². The van der Waals surface area contributed by atoms with Crippen molar-refractivity contribution >= 4 is 28.9 Å². The van der Waals surface area contributed by atoms with E-state index in [-0.39, 0.29) is 17.5 Å². The van der Waals surface area contributed by atoms with Crippen LogP contribution in [0.4, 0.5) is 15.8 Å². The van der Waals surface area contributed by atoms with Crippen molar-refractivity contribution in [1.82, 2.24) is 0 Å². The van der Waals surface area contributed by atoms with Gasteiger partial charge in [-0.15, -0.1) is 0 Å². The molecule has 0 aliphatic carbocycles. The lowest BCUT2D eigenvalue weighted by atomic mass is 10.3. The summed E-state index contributed by atoms with van der Waals surface area (Å²) in [7, 11) is 0. The van der Waals surface area contributed by atoms with Crippen LogP contribution in [-0.2, 0) is 4.79 Å². The highest BCUT2D eigenvalue weighted by molar-refractivity contribution is 6.31. The van der Waals surface area contributed by atoms with E-state index in [0.717, 1.165) is 0 Å². The molecular formula is C14H12ClFN2O2. The normalized spacial score (nSPS) is 10.1. The Kier molecular flexibility index (Phi) is 4.42. The Hall–Kier alpha value is -2.27. The fraction of sp³-hybridized carbons (Fsp3) is 0.0714. The van der Waals surface area contributed by atoms with Gasteiger partial charge in [0.2, 0.25) is 0 Å². The summed E-state index contributed by atoms with van der Waals surface area (Å²) in [5, 5.41) is 2.50. The first-order valence-corrected chi connectivity index (χ1v) is 6.15. The molecule has 20 heavy (non-hydrogen) atoms. The van der Waals surface area contributed by atoms with Gasteiger partial charge >= 0.3 is 0 Å². The molecule has 0 radical (unpaired) electrons. The molecule has 0 aliphatic heterocycles. The molecule has 0 fully saturated rings. The number of nitrogen functional groups attached to an aromatic ring is 1. The highest BCUT2D eigenvalue weighted by Crippen LogP contribution is 2.19. The molecule has 3 N–H and O–H groups in total. The lowest BCUT2D eigenvalue weighted by Crippen LogP contribution is -2.20. The average Bonchev–Trinajstić information content (AvgIpc) is 2.42. The number of hydrogen-bond donors (Lipinski definition) is 2. The SMILES string of the molecule is Nc1ccc(OCC(=O)Nc2ccc(F)c(Cl)c2)cc1. The number of ether oxygens (including phenoxy) is 1. The first kappa shape index (κ1) is 14.1. The van der Waals surface area contributed by atoms with Gasteiger partial charge < -0.3 is 15.8 Å². The van der Waals surface area contributed by atoms with E-state index in [0.29, 0.717) is 17.1 Å². The fourth-order valence-corrected chi connectivity index (χ4v) is 1.66. The van der Waals surface area contributed by atoms with Gasteiger partial charge in [-0.25, -0.2) is 4.39 Å². The van der Waals surface area contributed by atoms with Gasteiger partial charge in [0.1, 0.15) is 11.6 Å². The van der Waals surface area contributed by atoms with Crippen molar-refractivity contribution in [3.8, 4) is 5.75 Å². The van der Waals surface area contributed by atoms with Crippen LogP contribution < -0.4 is 15.8 Å². The van der Waals surface area contributed by atoms with Crippen LogP contribution in [0.15, 0.2) is 42.5 Å². The number of rotatable bonds is 4. The molecule has 0 bridgehead atoms. The summed E-state index contributed by atoms with van der Waals surface area (Å²) in [4.78, 5) is 11.7. The minimum absolute atomic E-state index is 0.0535. The molecule has 0 heterocycles. The number of nitrogens with one attached hydrogen (secondary N) is 1. The second-order valence-corrected chi connectivity index (χ2v) is 4.44. The third kappa shape index (κ3) is 3.86. The maximum atomic E-state index is 13.0. The zero-order valence-corrected chi connectivity index (χ0v) is 11.2. The molecule has 0 saturated carbocycles. The second-order valence-electron chi connectivity index (χ2n) is 4.03. The Labute approximate surface area is 120 Å². The maximum Gasteiger partial charge on any atom is 0.262 e. The molecular weight excluding hydrogens is 283 g/mol. The largest absolute Gasteiger partial charge is 0.484 e. The number of amides is 1. The average molecular weight is 295 g/mol. The number of carbonyl (C=O) groups is 1. The minimum Gasteiger partial charge on any atom is -0.484 e. The van der Waals surface area contributed by atoms with Crippen molar-refractivity contribution in [3.63, 3.8) is 0 Å². The summed E-state index contributed by atoms with van der Waals surface area (Å²) < 4.78 is 18.2. The molecule has 2 rings (SSSR count). The number of anilines is 2. The maximum absolute atomic E-state index is 13.0. The lowest BCUT2D eigenvalue weighted by Gasteiger charge is -2.08. The van der Waals surface area contributed by atoms with E-state index >= 15 is 0 Å². The molecule has 4 nitrogen and oxygen atoms in total. The van der Waals surface area contributed by atoms with E-state index in [4.69, 9.17) is 22.1 Å². The number of halogens is 2. The first-order chi connectivity index (χ1) is 9.54. The van der Waals surface area contributed by atoms with E-state index in [9.17, 15) is 9.18 Å². The van der Waals surface area contributed by atoms with Gasteiger partial charge in [-0.3, -0.25) is 4.79 Å². The lowest BCUT2D eigenvalue weighted by molar-refractivity contribution is -0.118. The number of carbonyl (C=O) groups excluding carboxylic acids is 1. The van der Waals surface area contributed by atoms with Gasteiger partial charge in [0.05, 0.1) is 5.02 Å². The topological polar surface area (TPSA) is 64.3 Å². The Balaban J connectivity index is 1.89. The summed E-state index contributed by atoms with van der Waals surface area (Å²) in [6.07, 6.45) is 0. The number of benzene rings is 2. The summed E-state index contributed by atoms with van der Waals surface area (Å²) in [6.45, 7) is -0.168. The van der Waals surface area contributed by atoms with Gasteiger partial charge in [-0.05, 0) is 42.5 Å².